The highest BCUT2D eigenvalue weighted by atomic mass is 16.1. The predicted octanol–water partition coefficient (Wildman–Crippen LogP) is 5.42. The summed E-state index contributed by atoms with van der Waals surface area (Å²) in [6, 6.07) is 17.9. The van der Waals surface area contributed by atoms with E-state index in [2.05, 4.69) is 22.4 Å². The zero-order chi connectivity index (χ0) is 21.5. The van der Waals surface area contributed by atoms with Crippen LogP contribution in [0.3, 0.4) is 0 Å². The number of aryl methyl sites for hydroxylation is 1. The third-order valence-corrected chi connectivity index (χ3v) is 5.98. The number of carbonyl (C=O) groups excluding carboxylic acids is 1. The minimum Gasteiger partial charge on any atom is -0.399 e. The van der Waals surface area contributed by atoms with Gasteiger partial charge < -0.3 is 11.1 Å². The smallest absolute Gasteiger partial charge is 0.225 e. The molecule has 0 radical (unpaired) electrons. The molecule has 0 saturated heterocycles. The molecule has 1 aliphatic rings. The van der Waals surface area contributed by atoms with Crippen molar-refractivity contribution in [1.29, 1.82) is 0 Å². The maximum Gasteiger partial charge on any atom is 0.225 e. The fourth-order valence-electron chi connectivity index (χ4n) is 4.25. The number of nitrogens with zero attached hydrogens (tertiary/aromatic N) is 2. The summed E-state index contributed by atoms with van der Waals surface area (Å²) in [4.78, 5) is 22.1. The third kappa shape index (κ3) is 5.91. The molecule has 0 atom stereocenters. The summed E-state index contributed by atoms with van der Waals surface area (Å²) in [5.74, 6) is 1.22. The molecular weight excluding hydrogens is 384 g/mol. The number of hydrogen-bond acceptors (Lipinski definition) is 4. The molecule has 5 heteroatoms. The maximum atomic E-state index is 12.6. The zero-order valence-electron chi connectivity index (χ0n) is 17.9. The highest BCUT2D eigenvalue weighted by Gasteiger charge is 2.20. The van der Waals surface area contributed by atoms with Gasteiger partial charge in [-0.2, -0.15) is 0 Å². The van der Waals surface area contributed by atoms with Gasteiger partial charge in [-0.15, -0.1) is 0 Å². The first-order valence-electron chi connectivity index (χ1n) is 11.2. The quantitative estimate of drug-likeness (QED) is 0.482. The van der Waals surface area contributed by atoms with E-state index in [0.29, 0.717) is 18.2 Å². The molecule has 4 rings (SSSR count). The van der Waals surface area contributed by atoms with E-state index in [4.69, 9.17) is 10.7 Å². The highest BCUT2D eigenvalue weighted by Crippen LogP contribution is 2.30. The van der Waals surface area contributed by atoms with Crippen molar-refractivity contribution in [3.63, 3.8) is 0 Å². The Labute approximate surface area is 184 Å². The first-order chi connectivity index (χ1) is 15.2. The fourth-order valence-corrected chi connectivity index (χ4v) is 4.25. The summed E-state index contributed by atoms with van der Waals surface area (Å²) >= 11 is 0. The van der Waals surface area contributed by atoms with Crippen molar-refractivity contribution in [2.75, 3.05) is 11.1 Å². The second-order valence-electron chi connectivity index (χ2n) is 8.41. The Morgan fingerprint density at radius 1 is 1.03 bits per heavy atom. The number of nitrogen functional groups attached to an aromatic ring is 1. The summed E-state index contributed by atoms with van der Waals surface area (Å²) in [6.45, 7) is 0. The molecule has 2 aromatic carbocycles. The van der Waals surface area contributed by atoms with Crippen LogP contribution in [0.4, 0.5) is 11.5 Å². The van der Waals surface area contributed by atoms with Crippen molar-refractivity contribution < 1.29 is 4.79 Å². The number of aromatic nitrogens is 2. The topological polar surface area (TPSA) is 80.9 Å². The van der Waals surface area contributed by atoms with Gasteiger partial charge in [0.15, 0.2) is 5.82 Å². The van der Waals surface area contributed by atoms with Crippen molar-refractivity contribution in [2.45, 2.75) is 51.4 Å². The van der Waals surface area contributed by atoms with Crippen molar-refractivity contribution in [3.05, 3.63) is 72.1 Å². The standard InChI is InChI=1S/C26H30N4O/c27-22-15-13-21(14-16-22)24-18-28-26(23(29-24)17-20-9-4-5-10-20)30-25(31)12-6-11-19-7-2-1-3-8-19/h1-3,7-8,13-16,18,20H,4-6,9-12,17,27H2,(H,28,30,31). The Morgan fingerprint density at radius 3 is 2.52 bits per heavy atom. The minimum absolute atomic E-state index is 0.00172. The highest BCUT2D eigenvalue weighted by molar-refractivity contribution is 5.90. The van der Waals surface area contributed by atoms with Gasteiger partial charge in [-0.3, -0.25) is 4.79 Å². The molecule has 0 unspecified atom stereocenters. The summed E-state index contributed by atoms with van der Waals surface area (Å²) in [6.07, 6.45) is 9.76. The van der Waals surface area contributed by atoms with Gasteiger partial charge in [0.1, 0.15) is 0 Å². The summed E-state index contributed by atoms with van der Waals surface area (Å²) < 4.78 is 0. The monoisotopic (exact) mass is 414 g/mol. The second kappa shape index (κ2) is 10.2. The van der Waals surface area contributed by atoms with Crippen LogP contribution in [0, 0.1) is 5.92 Å². The molecule has 1 saturated carbocycles. The fraction of sp³-hybridized carbons (Fsp3) is 0.346. The number of benzene rings is 2. The second-order valence-corrected chi connectivity index (χ2v) is 8.41. The van der Waals surface area contributed by atoms with E-state index in [1.165, 1.54) is 31.2 Å². The van der Waals surface area contributed by atoms with E-state index >= 15 is 0 Å². The zero-order valence-corrected chi connectivity index (χ0v) is 17.9. The number of nitrogens with one attached hydrogen (secondary N) is 1. The Bertz CT molecular complexity index is 996. The van der Waals surface area contributed by atoms with Gasteiger partial charge in [0.2, 0.25) is 5.91 Å². The average molecular weight is 415 g/mol. The normalized spacial score (nSPS) is 13.9. The molecule has 1 heterocycles. The van der Waals surface area contributed by atoms with Crippen LogP contribution < -0.4 is 11.1 Å². The molecule has 3 aromatic rings. The summed E-state index contributed by atoms with van der Waals surface area (Å²) in [7, 11) is 0. The predicted molar refractivity (Wildman–Crippen MR) is 126 cm³/mol. The van der Waals surface area contributed by atoms with E-state index < -0.39 is 0 Å². The molecule has 0 spiro atoms. The molecule has 1 aromatic heterocycles. The molecule has 3 N–H and O–H groups in total. The van der Waals surface area contributed by atoms with Crippen LogP contribution in [0.15, 0.2) is 60.8 Å². The number of hydrogen-bond donors (Lipinski definition) is 2. The lowest BCUT2D eigenvalue weighted by Crippen LogP contribution is -2.16. The molecule has 0 aliphatic heterocycles. The number of anilines is 2. The Balaban J connectivity index is 1.45. The first kappa shape index (κ1) is 21.0. The van der Waals surface area contributed by atoms with Crippen LogP contribution in [0.25, 0.3) is 11.3 Å². The molecule has 1 amide bonds. The van der Waals surface area contributed by atoms with E-state index in [1.54, 1.807) is 6.20 Å². The number of nitrogens with two attached hydrogens (primary N) is 1. The van der Waals surface area contributed by atoms with E-state index in [1.807, 2.05) is 42.5 Å². The summed E-state index contributed by atoms with van der Waals surface area (Å²) in [5, 5.41) is 3.03. The maximum absolute atomic E-state index is 12.6. The molecular formula is C26H30N4O. The van der Waals surface area contributed by atoms with Crippen LogP contribution in [-0.4, -0.2) is 15.9 Å². The number of rotatable bonds is 8. The lowest BCUT2D eigenvalue weighted by molar-refractivity contribution is -0.116. The van der Waals surface area contributed by atoms with Crippen molar-refractivity contribution >= 4 is 17.4 Å². The molecule has 5 nitrogen and oxygen atoms in total. The van der Waals surface area contributed by atoms with Gasteiger partial charge in [-0.1, -0.05) is 68.1 Å². The van der Waals surface area contributed by atoms with Crippen LogP contribution in [0.2, 0.25) is 0 Å². The first-order valence-corrected chi connectivity index (χ1v) is 11.2. The van der Waals surface area contributed by atoms with Crippen LogP contribution >= 0.6 is 0 Å². The van der Waals surface area contributed by atoms with Crippen molar-refractivity contribution in [3.8, 4) is 11.3 Å². The molecule has 0 bridgehead atoms. The molecule has 1 aliphatic carbocycles. The van der Waals surface area contributed by atoms with Crippen molar-refractivity contribution in [2.24, 2.45) is 5.92 Å². The summed E-state index contributed by atoms with van der Waals surface area (Å²) in [5.41, 5.74) is 10.5. The van der Waals surface area contributed by atoms with Gasteiger partial charge in [-0.05, 0) is 42.9 Å². The largest absolute Gasteiger partial charge is 0.399 e. The van der Waals surface area contributed by atoms with Gasteiger partial charge in [0, 0.05) is 17.7 Å². The Kier molecular flexibility index (Phi) is 6.92. The lowest BCUT2D eigenvalue weighted by Gasteiger charge is -2.14. The van der Waals surface area contributed by atoms with Gasteiger partial charge in [0.05, 0.1) is 17.6 Å². The average Bonchev–Trinajstić information content (AvgIpc) is 3.29. The van der Waals surface area contributed by atoms with Gasteiger partial charge in [-0.25, -0.2) is 9.97 Å². The van der Waals surface area contributed by atoms with Crippen LogP contribution in [0.5, 0.6) is 0 Å². The SMILES string of the molecule is Nc1ccc(-c2cnc(NC(=O)CCCc3ccccc3)c(CC3CCCC3)n2)cc1. The minimum atomic E-state index is -0.00172. The lowest BCUT2D eigenvalue weighted by atomic mass is 10.0. The van der Waals surface area contributed by atoms with E-state index in [9.17, 15) is 4.79 Å². The van der Waals surface area contributed by atoms with Crippen molar-refractivity contribution in [1.82, 2.24) is 9.97 Å². The van der Waals surface area contributed by atoms with Gasteiger partial charge in [0.25, 0.3) is 0 Å². The number of amides is 1. The van der Waals surface area contributed by atoms with E-state index in [-0.39, 0.29) is 5.91 Å². The molecule has 160 valence electrons. The Hall–Kier alpha value is -3.21. The van der Waals surface area contributed by atoms with E-state index in [0.717, 1.165) is 41.9 Å². The Morgan fingerprint density at radius 2 is 1.77 bits per heavy atom. The van der Waals surface area contributed by atoms with Crippen LogP contribution in [-0.2, 0) is 17.6 Å². The van der Waals surface area contributed by atoms with Gasteiger partial charge >= 0.3 is 0 Å². The molecule has 31 heavy (non-hydrogen) atoms. The number of carbonyl (C=O) groups is 1. The third-order valence-electron chi connectivity index (χ3n) is 5.98. The van der Waals surface area contributed by atoms with Crippen LogP contribution in [0.1, 0.15) is 49.8 Å². The molecule has 1 fully saturated rings.